The van der Waals surface area contributed by atoms with Crippen LogP contribution in [-0.4, -0.2) is 34.7 Å². The highest BCUT2D eigenvalue weighted by atomic mass is 35.5. The second kappa shape index (κ2) is 5.60. The lowest BCUT2D eigenvalue weighted by atomic mass is 10.2. The zero-order valence-electron chi connectivity index (χ0n) is 8.48. The number of aliphatic hydroxyl groups excluding tert-OH is 1. The van der Waals surface area contributed by atoms with Crippen molar-refractivity contribution in [1.82, 2.24) is 5.32 Å². The first kappa shape index (κ1) is 13.4. The van der Waals surface area contributed by atoms with Crippen LogP contribution in [0.15, 0.2) is 18.2 Å². The van der Waals surface area contributed by atoms with Crippen LogP contribution in [0.4, 0.5) is 4.39 Å². The van der Waals surface area contributed by atoms with Gasteiger partial charge in [0.25, 0.3) is 5.91 Å². The highest BCUT2D eigenvalue weighted by Gasteiger charge is 2.17. The van der Waals surface area contributed by atoms with Gasteiger partial charge in [0, 0.05) is 0 Å². The number of carbonyl (C=O) groups excluding carboxylic acids is 1. The van der Waals surface area contributed by atoms with Gasteiger partial charge in [-0.3, -0.25) is 4.79 Å². The molecule has 1 aromatic carbocycles. The minimum atomic E-state index is -1.74. The van der Waals surface area contributed by atoms with Gasteiger partial charge in [-0.15, -0.1) is 0 Å². The highest BCUT2D eigenvalue weighted by molar-refractivity contribution is 6.31. The van der Waals surface area contributed by atoms with E-state index in [1.807, 2.05) is 0 Å². The number of benzene rings is 1. The number of aliphatic carboxylic acids is 1. The molecular weight excluding hydrogens is 253 g/mol. The van der Waals surface area contributed by atoms with Gasteiger partial charge >= 0.3 is 5.97 Å². The first-order valence-corrected chi connectivity index (χ1v) is 4.94. The Morgan fingerprint density at radius 2 is 2.12 bits per heavy atom. The summed E-state index contributed by atoms with van der Waals surface area (Å²) in [7, 11) is 0. The van der Waals surface area contributed by atoms with Crippen LogP contribution in [0, 0.1) is 5.82 Å². The normalized spacial score (nSPS) is 11.9. The van der Waals surface area contributed by atoms with Crippen molar-refractivity contribution in [3.8, 4) is 0 Å². The van der Waals surface area contributed by atoms with Crippen LogP contribution in [0.1, 0.15) is 10.4 Å². The van der Waals surface area contributed by atoms with Crippen LogP contribution >= 0.6 is 11.6 Å². The molecule has 1 aromatic rings. The molecule has 0 heterocycles. The Morgan fingerprint density at radius 3 is 2.71 bits per heavy atom. The van der Waals surface area contributed by atoms with E-state index < -0.39 is 30.3 Å². The lowest BCUT2D eigenvalue weighted by Gasteiger charge is -2.08. The summed E-state index contributed by atoms with van der Waals surface area (Å²) in [6.45, 7) is -0.514. The quantitative estimate of drug-likeness (QED) is 0.743. The average molecular weight is 262 g/mol. The van der Waals surface area contributed by atoms with Gasteiger partial charge < -0.3 is 15.5 Å². The molecule has 1 rings (SSSR count). The SMILES string of the molecule is O=C(NCC(O)C(=O)O)c1cccc(Cl)c1F. The predicted octanol–water partition coefficient (Wildman–Crippen LogP) is 0.654. The predicted molar refractivity (Wildman–Crippen MR) is 57.4 cm³/mol. The molecule has 3 N–H and O–H groups in total. The molecular formula is C10H9ClFNO4. The fourth-order valence-electron chi connectivity index (χ4n) is 1.05. The first-order valence-electron chi connectivity index (χ1n) is 4.56. The van der Waals surface area contributed by atoms with Crippen LogP contribution in [-0.2, 0) is 4.79 Å². The van der Waals surface area contributed by atoms with E-state index >= 15 is 0 Å². The van der Waals surface area contributed by atoms with E-state index in [1.165, 1.54) is 18.2 Å². The summed E-state index contributed by atoms with van der Waals surface area (Å²) >= 11 is 5.47. The van der Waals surface area contributed by atoms with Crippen molar-refractivity contribution in [2.75, 3.05) is 6.54 Å². The molecule has 0 aliphatic heterocycles. The lowest BCUT2D eigenvalue weighted by molar-refractivity contribution is -0.146. The summed E-state index contributed by atoms with van der Waals surface area (Å²) in [6.07, 6.45) is -1.74. The van der Waals surface area contributed by atoms with Gasteiger partial charge in [0.05, 0.1) is 17.1 Å². The highest BCUT2D eigenvalue weighted by Crippen LogP contribution is 2.17. The summed E-state index contributed by atoms with van der Waals surface area (Å²) in [6, 6.07) is 3.86. The Bertz CT molecular complexity index is 452. The number of hydrogen-bond acceptors (Lipinski definition) is 3. The zero-order valence-corrected chi connectivity index (χ0v) is 9.24. The van der Waals surface area contributed by atoms with Gasteiger partial charge in [-0.05, 0) is 12.1 Å². The standard InChI is InChI=1S/C10H9ClFNO4/c11-6-3-1-2-5(8(6)12)9(15)13-4-7(14)10(16)17/h1-3,7,14H,4H2,(H,13,15)(H,16,17). The molecule has 1 unspecified atom stereocenters. The third kappa shape index (κ3) is 3.40. The summed E-state index contributed by atoms with van der Waals surface area (Å²) in [4.78, 5) is 21.7. The largest absolute Gasteiger partial charge is 0.479 e. The van der Waals surface area contributed by atoms with E-state index in [2.05, 4.69) is 5.32 Å². The number of halogens is 2. The molecule has 1 amide bonds. The first-order chi connectivity index (χ1) is 7.93. The second-order valence-electron chi connectivity index (χ2n) is 3.17. The van der Waals surface area contributed by atoms with Gasteiger partial charge in [-0.2, -0.15) is 0 Å². The van der Waals surface area contributed by atoms with Crippen LogP contribution in [0.3, 0.4) is 0 Å². The minimum Gasteiger partial charge on any atom is -0.479 e. The maximum atomic E-state index is 13.4. The Balaban J connectivity index is 2.71. The van der Waals surface area contributed by atoms with Gasteiger partial charge in [-0.1, -0.05) is 17.7 Å². The Kier molecular flexibility index (Phi) is 4.42. The number of rotatable bonds is 4. The molecule has 7 heteroatoms. The van der Waals surface area contributed by atoms with Crippen LogP contribution in [0.2, 0.25) is 5.02 Å². The zero-order chi connectivity index (χ0) is 13.0. The molecule has 0 aliphatic rings. The summed E-state index contributed by atoms with van der Waals surface area (Å²) in [5.74, 6) is -3.21. The van der Waals surface area contributed by atoms with E-state index in [0.29, 0.717) is 0 Å². The molecule has 5 nitrogen and oxygen atoms in total. The molecule has 0 bridgehead atoms. The average Bonchev–Trinajstić information content (AvgIpc) is 2.29. The van der Waals surface area contributed by atoms with Crippen molar-refractivity contribution < 1.29 is 24.2 Å². The Labute approximate surface area is 101 Å². The van der Waals surface area contributed by atoms with Crippen molar-refractivity contribution in [1.29, 1.82) is 0 Å². The maximum Gasteiger partial charge on any atom is 0.334 e. The van der Waals surface area contributed by atoms with Crippen LogP contribution in [0.25, 0.3) is 0 Å². The fraction of sp³-hybridized carbons (Fsp3) is 0.200. The number of hydrogen-bond donors (Lipinski definition) is 3. The van der Waals surface area contributed by atoms with Crippen molar-refractivity contribution in [2.24, 2.45) is 0 Å². The van der Waals surface area contributed by atoms with Gasteiger partial charge in [0.2, 0.25) is 0 Å². The summed E-state index contributed by atoms with van der Waals surface area (Å²) < 4.78 is 13.4. The second-order valence-corrected chi connectivity index (χ2v) is 3.57. The van der Waals surface area contributed by atoms with Crippen molar-refractivity contribution >= 4 is 23.5 Å². The van der Waals surface area contributed by atoms with E-state index in [9.17, 15) is 14.0 Å². The van der Waals surface area contributed by atoms with Crippen LogP contribution < -0.4 is 5.32 Å². The van der Waals surface area contributed by atoms with Crippen molar-refractivity contribution in [3.05, 3.63) is 34.6 Å². The molecule has 0 aliphatic carbocycles. The minimum absolute atomic E-state index is 0.212. The molecule has 0 radical (unpaired) electrons. The number of nitrogens with one attached hydrogen (secondary N) is 1. The number of carbonyl (C=O) groups is 2. The third-order valence-corrected chi connectivity index (χ3v) is 2.23. The third-order valence-electron chi connectivity index (χ3n) is 1.94. The monoisotopic (exact) mass is 261 g/mol. The fourth-order valence-corrected chi connectivity index (χ4v) is 1.23. The van der Waals surface area contributed by atoms with E-state index in [-0.39, 0.29) is 10.6 Å². The molecule has 0 saturated carbocycles. The number of aliphatic hydroxyl groups is 1. The molecule has 17 heavy (non-hydrogen) atoms. The molecule has 0 spiro atoms. The Morgan fingerprint density at radius 1 is 1.47 bits per heavy atom. The van der Waals surface area contributed by atoms with Crippen molar-refractivity contribution in [3.63, 3.8) is 0 Å². The van der Waals surface area contributed by atoms with Gasteiger partial charge in [0.15, 0.2) is 11.9 Å². The molecule has 92 valence electrons. The van der Waals surface area contributed by atoms with Crippen LogP contribution in [0.5, 0.6) is 0 Å². The van der Waals surface area contributed by atoms with E-state index in [1.54, 1.807) is 0 Å². The smallest absolute Gasteiger partial charge is 0.334 e. The lowest BCUT2D eigenvalue weighted by Crippen LogP contribution is -2.36. The molecule has 0 fully saturated rings. The summed E-state index contributed by atoms with van der Waals surface area (Å²) in [5.41, 5.74) is -0.310. The van der Waals surface area contributed by atoms with E-state index in [0.717, 1.165) is 0 Å². The van der Waals surface area contributed by atoms with Gasteiger partial charge in [-0.25, -0.2) is 9.18 Å². The van der Waals surface area contributed by atoms with Crippen molar-refractivity contribution in [2.45, 2.75) is 6.10 Å². The number of carboxylic acids is 1. The molecule has 0 saturated heterocycles. The number of amides is 1. The molecule has 0 aromatic heterocycles. The maximum absolute atomic E-state index is 13.4. The molecule has 1 atom stereocenters. The number of carboxylic acid groups (broad SMARTS) is 1. The Hall–Kier alpha value is -1.66. The topological polar surface area (TPSA) is 86.6 Å². The van der Waals surface area contributed by atoms with Gasteiger partial charge in [0.1, 0.15) is 0 Å². The summed E-state index contributed by atoms with van der Waals surface area (Å²) in [5, 5.41) is 19.1. The van der Waals surface area contributed by atoms with E-state index in [4.69, 9.17) is 21.8 Å².